The van der Waals surface area contributed by atoms with Gasteiger partial charge in [-0.1, -0.05) is 30.3 Å². The smallest absolute Gasteiger partial charge is 0.243 e. The first-order chi connectivity index (χ1) is 9.69. The fourth-order valence-corrected chi connectivity index (χ4v) is 1.94. The number of pyridine rings is 1. The molecule has 5 heteroatoms. The van der Waals surface area contributed by atoms with Crippen molar-refractivity contribution in [2.75, 3.05) is 5.32 Å². The summed E-state index contributed by atoms with van der Waals surface area (Å²) in [6.07, 6.45) is 1.98. The molecule has 0 saturated heterocycles. The van der Waals surface area contributed by atoms with Crippen molar-refractivity contribution < 1.29 is 4.79 Å². The van der Waals surface area contributed by atoms with Crippen molar-refractivity contribution in [1.29, 1.82) is 5.26 Å². The molecule has 0 fully saturated rings. The Bertz CT molecular complexity index is 620. The first-order valence-electron chi connectivity index (χ1n) is 6.05. The van der Waals surface area contributed by atoms with Crippen LogP contribution >= 0.6 is 15.9 Å². The van der Waals surface area contributed by atoms with E-state index in [-0.39, 0.29) is 5.91 Å². The van der Waals surface area contributed by atoms with Gasteiger partial charge in [0.1, 0.15) is 11.7 Å². The summed E-state index contributed by atoms with van der Waals surface area (Å²) in [5, 5.41) is 11.8. The van der Waals surface area contributed by atoms with E-state index in [1.165, 1.54) is 0 Å². The van der Waals surface area contributed by atoms with Gasteiger partial charge in [0.15, 0.2) is 0 Å². The highest BCUT2D eigenvalue weighted by Crippen LogP contribution is 2.13. The van der Waals surface area contributed by atoms with Gasteiger partial charge in [-0.3, -0.25) is 4.79 Å². The predicted octanol–water partition coefficient (Wildman–Crippen LogP) is 3.17. The summed E-state index contributed by atoms with van der Waals surface area (Å²) in [6, 6.07) is 15.0. The van der Waals surface area contributed by atoms with E-state index in [0.717, 1.165) is 10.0 Å². The molecule has 0 saturated carbocycles. The Hall–Kier alpha value is -2.19. The van der Waals surface area contributed by atoms with Gasteiger partial charge < -0.3 is 5.32 Å². The molecular formula is C15H12BrN3O. The third-order valence-corrected chi connectivity index (χ3v) is 3.20. The molecule has 100 valence electrons. The van der Waals surface area contributed by atoms with Gasteiger partial charge in [-0.15, -0.1) is 0 Å². The van der Waals surface area contributed by atoms with E-state index in [0.29, 0.717) is 12.2 Å². The zero-order chi connectivity index (χ0) is 14.4. The summed E-state index contributed by atoms with van der Waals surface area (Å²) in [6.45, 7) is 0. The average molecular weight is 330 g/mol. The number of anilines is 1. The molecule has 4 nitrogen and oxygen atoms in total. The van der Waals surface area contributed by atoms with Crippen LogP contribution in [0, 0.1) is 17.2 Å². The highest BCUT2D eigenvalue weighted by Gasteiger charge is 2.18. The summed E-state index contributed by atoms with van der Waals surface area (Å²) in [5.74, 6) is -0.638. The van der Waals surface area contributed by atoms with E-state index < -0.39 is 5.92 Å². The van der Waals surface area contributed by atoms with Crippen LogP contribution in [-0.4, -0.2) is 10.9 Å². The van der Waals surface area contributed by atoms with E-state index >= 15 is 0 Å². The van der Waals surface area contributed by atoms with E-state index in [4.69, 9.17) is 5.26 Å². The molecule has 1 atom stereocenters. The quantitative estimate of drug-likeness (QED) is 0.936. The maximum Gasteiger partial charge on any atom is 0.243 e. The van der Waals surface area contributed by atoms with Gasteiger partial charge in [0.05, 0.1) is 6.07 Å². The minimum absolute atomic E-state index is 0.342. The highest BCUT2D eigenvalue weighted by molar-refractivity contribution is 9.10. The predicted molar refractivity (Wildman–Crippen MR) is 79.8 cm³/mol. The van der Waals surface area contributed by atoms with Crippen LogP contribution in [0.1, 0.15) is 5.56 Å². The van der Waals surface area contributed by atoms with Gasteiger partial charge >= 0.3 is 0 Å². The van der Waals surface area contributed by atoms with Gasteiger partial charge in [0, 0.05) is 10.7 Å². The number of benzene rings is 1. The van der Waals surface area contributed by atoms with Crippen LogP contribution in [0.4, 0.5) is 5.82 Å². The summed E-state index contributed by atoms with van der Waals surface area (Å²) in [5.41, 5.74) is 0.956. The van der Waals surface area contributed by atoms with Crippen LogP contribution in [0.5, 0.6) is 0 Å². The first kappa shape index (κ1) is 14.2. The summed E-state index contributed by atoms with van der Waals surface area (Å²) < 4.78 is 0.830. The standard InChI is InChI=1S/C15H12BrN3O/c16-13-6-7-14(18-10-13)19-15(20)12(9-17)8-11-4-2-1-3-5-11/h1-7,10,12H,8H2,(H,18,19,20). The largest absolute Gasteiger partial charge is 0.310 e. The van der Waals surface area contributed by atoms with Crippen molar-refractivity contribution in [2.24, 2.45) is 5.92 Å². The van der Waals surface area contributed by atoms with Crippen molar-refractivity contribution in [2.45, 2.75) is 6.42 Å². The number of nitriles is 1. The Labute approximate surface area is 125 Å². The molecule has 1 unspecified atom stereocenters. The molecule has 0 bridgehead atoms. The number of carbonyl (C=O) groups is 1. The fourth-order valence-electron chi connectivity index (χ4n) is 1.71. The van der Waals surface area contributed by atoms with Crippen LogP contribution in [0.15, 0.2) is 53.1 Å². The molecule has 2 aromatic rings. The number of nitrogens with zero attached hydrogens (tertiary/aromatic N) is 2. The Kier molecular flexibility index (Phi) is 4.85. The average Bonchev–Trinajstić information content (AvgIpc) is 2.48. The second kappa shape index (κ2) is 6.83. The molecule has 0 aliphatic carbocycles. The number of amides is 1. The zero-order valence-electron chi connectivity index (χ0n) is 10.6. The molecule has 1 aromatic heterocycles. The van der Waals surface area contributed by atoms with Gasteiger partial charge in [-0.25, -0.2) is 4.98 Å². The Balaban J connectivity index is 2.03. The second-order valence-electron chi connectivity index (χ2n) is 4.22. The van der Waals surface area contributed by atoms with Crippen molar-refractivity contribution in [3.63, 3.8) is 0 Å². The number of rotatable bonds is 4. The maximum atomic E-state index is 12.0. The third-order valence-electron chi connectivity index (χ3n) is 2.73. The Morgan fingerprint density at radius 1 is 1.30 bits per heavy atom. The topological polar surface area (TPSA) is 65.8 Å². The molecule has 2 rings (SSSR count). The van der Waals surface area contributed by atoms with E-state index in [1.807, 2.05) is 36.4 Å². The molecule has 1 N–H and O–H groups in total. The number of carbonyl (C=O) groups excluding carboxylic acids is 1. The molecule has 1 amide bonds. The lowest BCUT2D eigenvalue weighted by molar-refractivity contribution is -0.118. The van der Waals surface area contributed by atoms with E-state index in [1.54, 1.807) is 18.3 Å². The monoisotopic (exact) mass is 329 g/mol. The van der Waals surface area contributed by atoms with E-state index in [9.17, 15) is 4.79 Å². The van der Waals surface area contributed by atoms with Crippen LogP contribution in [0.3, 0.4) is 0 Å². The molecule has 20 heavy (non-hydrogen) atoms. The summed E-state index contributed by atoms with van der Waals surface area (Å²) in [4.78, 5) is 16.1. The first-order valence-corrected chi connectivity index (χ1v) is 6.84. The molecule has 1 heterocycles. The van der Waals surface area contributed by atoms with Crippen LogP contribution in [0.2, 0.25) is 0 Å². The van der Waals surface area contributed by atoms with Crippen molar-refractivity contribution in [3.8, 4) is 6.07 Å². The third kappa shape index (κ3) is 3.90. The van der Waals surface area contributed by atoms with Crippen molar-refractivity contribution in [3.05, 3.63) is 58.7 Å². The molecular weight excluding hydrogens is 318 g/mol. The Morgan fingerprint density at radius 2 is 2.05 bits per heavy atom. The fraction of sp³-hybridized carbons (Fsp3) is 0.133. The lowest BCUT2D eigenvalue weighted by Crippen LogP contribution is -2.23. The van der Waals surface area contributed by atoms with Gasteiger partial charge in [-0.2, -0.15) is 5.26 Å². The Morgan fingerprint density at radius 3 is 2.65 bits per heavy atom. The maximum absolute atomic E-state index is 12.0. The van der Waals surface area contributed by atoms with Gasteiger partial charge in [-0.05, 0) is 40.0 Å². The summed E-state index contributed by atoms with van der Waals surface area (Å²) in [7, 11) is 0. The highest BCUT2D eigenvalue weighted by atomic mass is 79.9. The lowest BCUT2D eigenvalue weighted by atomic mass is 10.00. The minimum atomic E-state index is -0.733. The normalized spacial score (nSPS) is 11.4. The number of hydrogen-bond acceptors (Lipinski definition) is 3. The summed E-state index contributed by atoms with van der Waals surface area (Å²) >= 11 is 3.27. The molecule has 0 aliphatic heterocycles. The molecule has 1 aromatic carbocycles. The molecule has 0 spiro atoms. The number of hydrogen-bond donors (Lipinski definition) is 1. The van der Waals surface area contributed by atoms with E-state index in [2.05, 4.69) is 26.2 Å². The second-order valence-corrected chi connectivity index (χ2v) is 5.14. The van der Waals surface area contributed by atoms with Crippen LogP contribution in [0.25, 0.3) is 0 Å². The SMILES string of the molecule is N#CC(Cc1ccccc1)C(=O)Nc1ccc(Br)cn1. The molecule has 0 radical (unpaired) electrons. The van der Waals surface area contributed by atoms with Crippen LogP contribution in [-0.2, 0) is 11.2 Å². The zero-order valence-corrected chi connectivity index (χ0v) is 12.2. The number of halogens is 1. The van der Waals surface area contributed by atoms with Crippen molar-refractivity contribution in [1.82, 2.24) is 4.98 Å². The van der Waals surface area contributed by atoms with Crippen LogP contribution < -0.4 is 5.32 Å². The minimum Gasteiger partial charge on any atom is -0.310 e. The molecule has 0 aliphatic rings. The number of nitrogens with one attached hydrogen (secondary N) is 1. The van der Waals surface area contributed by atoms with Gasteiger partial charge in [0.25, 0.3) is 0 Å². The lowest BCUT2D eigenvalue weighted by Gasteiger charge is -2.09. The number of aromatic nitrogens is 1. The van der Waals surface area contributed by atoms with Crippen molar-refractivity contribution >= 4 is 27.7 Å². The van der Waals surface area contributed by atoms with Gasteiger partial charge in [0.2, 0.25) is 5.91 Å².